The van der Waals surface area contributed by atoms with E-state index < -0.39 is 0 Å². The van der Waals surface area contributed by atoms with Gasteiger partial charge in [-0.3, -0.25) is 4.79 Å². The first kappa shape index (κ1) is 23.6. The Labute approximate surface area is 199 Å². The van der Waals surface area contributed by atoms with Crippen LogP contribution in [-0.2, 0) is 6.54 Å². The van der Waals surface area contributed by atoms with Gasteiger partial charge in [0.15, 0.2) is 11.5 Å². The molecule has 9 heteroatoms. The summed E-state index contributed by atoms with van der Waals surface area (Å²) in [7, 11) is 1.64. The second-order valence-electron chi connectivity index (χ2n) is 8.17. The standard InChI is InChI=1S/C25H32N6O3/c1-33-21-9-8-20(19-22(21)34-18-6-15-30-13-4-5-14-30)28-25-27-11-10-23(29-25)26-12-17-31-16-3-2-7-24(31)32/h2-3,7-11,16,19H,4-6,12-15,17-18H2,1H3,(H2,26,27,28,29). The first-order valence-corrected chi connectivity index (χ1v) is 11.7. The van der Waals surface area contributed by atoms with Gasteiger partial charge in [-0.1, -0.05) is 6.07 Å². The Morgan fingerprint density at radius 2 is 1.94 bits per heavy atom. The van der Waals surface area contributed by atoms with Gasteiger partial charge in [0.25, 0.3) is 5.56 Å². The van der Waals surface area contributed by atoms with Crippen LogP contribution in [0.3, 0.4) is 0 Å². The maximum absolute atomic E-state index is 11.8. The number of aromatic nitrogens is 3. The zero-order chi connectivity index (χ0) is 23.6. The summed E-state index contributed by atoms with van der Waals surface area (Å²) in [5.41, 5.74) is 0.784. The molecule has 0 unspecified atom stereocenters. The van der Waals surface area contributed by atoms with E-state index in [-0.39, 0.29) is 5.56 Å². The fraction of sp³-hybridized carbons (Fsp3) is 0.400. The number of hydrogen-bond donors (Lipinski definition) is 2. The molecule has 3 heterocycles. The highest BCUT2D eigenvalue weighted by Crippen LogP contribution is 2.31. The minimum Gasteiger partial charge on any atom is -0.493 e. The van der Waals surface area contributed by atoms with Crippen molar-refractivity contribution in [1.82, 2.24) is 19.4 Å². The van der Waals surface area contributed by atoms with E-state index in [1.165, 1.54) is 25.9 Å². The highest BCUT2D eigenvalue weighted by molar-refractivity contribution is 5.60. The van der Waals surface area contributed by atoms with Crippen molar-refractivity contribution >= 4 is 17.5 Å². The molecule has 0 amide bonds. The van der Waals surface area contributed by atoms with E-state index in [0.717, 1.165) is 18.7 Å². The van der Waals surface area contributed by atoms with Gasteiger partial charge in [-0.15, -0.1) is 0 Å². The van der Waals surface area contributed by atoms with E-state index in [1.807, 2.05) is 24.3 Å². The second kappa shape index (κ2) is 12.0. The summed E-state index contributed by atoms with van der Waals surface area (Å²) in [5, 5.41) is 6.46. The SMILES string of the molecule is COc1ccc(Nc2nccc(NCCn3ccccc3=O)n2)cc1OCCCN1CCCC1. The van der Waals surface area contributed by atoms with Gasteiger partial charge in [0.2, 0.25) is 5.95 Å². The van der Waals surface area contributed by atoms with E-state index in [9.17, 15) is 4.79 Å². The fourth-order valence-electron chi connectivity index (χ4n) is 3.94. The van der Waals surface area contributed by atoms with Crippen molar-refractivity contribution in [2.45, 2.75) is 25.8 Å². The molecule has 9 nitrogen and oxygen atoms in total. The van der Waals surface area contributed by atoms with Crippen LogP contribution >= 0.6 is 0 Å². The van der Waals surface area contributed by atoms with Crippen LogP contribution in [0.25, 0.3) is 0 Å². The summed E-state index contributed by atoms with van der Waals surface area (Å²) in [6, 6.07) is 12.6. The lowest BCUT2D eigenvalue weighted by atomic mass is 10.2. The zero-order valence-corrected chi connectivity index (χ0v) is 19.6. The molecule has 1 aliphatic rings. The molecule has 1 aromatic carbocycles. The van der Waals surface area contributed by atoms with E-state index in [0.29, 0.717) is 43.0 Å². The van der Waals surface area contributed by atoms with Gasteiger partial charge in [0.05, 0.1) is 13.7 Å². The van der Waals surface area contributed by atoms with Crippen LogP contribution in [0.15, 0.2) is 59.7 Å². The van der Waals surface area contributed by atoms with Crippen LogP contribution in [0.5, 0.6) is 11.5 Å². The van der Waals surface area contributed by atoms with Gasteiger partial charge in [-0.2, -0.15) is 4.98 Å². The molecule has 2 aromatic heterocycles. The summed E-state index contributed by atoms with van der Waals surface area (Å²) < 4.78 is 13.1. The topological polar surface area (TPSA) is 93.5 Å². The van der Waals surface area contributed by atoms with Crippen LogP contribution in [-0.4, -0.2) is 59.3 Å². The number of methoxy groups -OCH3 is 1. The number of rotatable bonds is 12. The average molecular weight is 465 g/mol. The predicted molar refractivity (Wildman–Crippen MR) is 133 cm³/mol. The van der Waals surface area contributed by atoms with Crippen molar-refractivity contribution < 1.29 is 9.47 Å². The Hall–Kier alpha value is -3.59. The van der Waals surface area contributed by atoms with Gasteiger partial charge in [-0.05, 0) is 56.6 Å². The van der Waals surface area contributed by atoms with Crippen molar-refractivity contribution in [3.05, 3.63) is 65.2 Å². The summed E-state index contributed by atoms with van der Waals surface area (Å²) in [6.07, 6.45) is 7.04. The van der Waals surface area contributed by atoms with E-state index in [2.05, 4.69) is 25.5 Å². The zero-order valence-electron chi connectivity index (χ0n) is 19.6. The molecule has 0 radical (unpaired) electrons. The van der Waals surface area contributed by atoms with Crippen molar-refractivity contribution in [3.8, 4) is 11.5 Å². The molecule has 1 fully saturated rings. The Bertz CT molecular complexity index is 1110. The fourth-order valence-corrected chi connectivity index (χ4v) is 3.94. The highest BCUT2D eigenvalue weighted by Gasteiger charge is 2.11. The number of ether oxygens (including phenoxy) is 2. The molecule has 34 heavy (non-hydrogen) atoms. The smallest absolute Gasteiger partial charge is 0.250 e. The molecule has 0 saturated carbocycles. The van der Waals surface area contributed by atoms with Gasteiger partial charge in [-0.25, -0.2) is 4.98 Å². The van der Waals surface area contributed by atoms with Crippen molar-refractivity contribution in [2.75, 3.05) is 50.5 Å². The predicted octanol–water partition coefficient (Wildman–Crippen LogP) is 3.37. The number of hydrogen-bond acceptors (Lipinski definition) is 8. The lowest BCUT2D eigenvalue weighted by Gasteiger charge is -2.16. The minimum atomic E-state index is -0.0251. The van der Waals surface area contributed by atoms with Crippen molar-refractivity contribution in [1.29, 1.82) is 0 Å². The Kier molecular flexibility index (Phi) is 8.34. The first-order chi connectivity index (χ1) is 16.7. The summed E-state index contributed by atoms with van der Waals surface area (Å²) in [4.78, 5) is 23.1. The summed E-state index contributed by atoms with van der Waals surface area (Å²) >= 11 is 0. The number of anilines is 3. The number of nitrogens with zero attached hydrogens (tertiary/aromatic N) is 4. The highest BCUT2D eigenvalue weighted by atomic mass is 16.5. The van der Waals surface area contributed by atoms with Gasteiger partial charge < -0.3 is 29.6 Å². The molecule has 1 saturated heterocycles. The molecule has 3 aromatic rings. The molecule has 180 valence electrons. The quantitative estimate of drug-likeness (QED) is 0.394. The lowest BCUT2D eigenvalue weighted by molar-refractivity contribution is 0.254. The maximum atomic E-state index is 11.8. The number of benzene rings is 1. The summed E-state index contributed by atoms with van der Waals surface area (Å²) in [6.45, 7) is 5.20. The molecule has 2 N–H and O–H groups in total. The van der Waals surface area contributed by atoms with E-state index >= 15 is 0 Å². The number of nitrogens with one attached hydrogen (secondary N) is 2. The third-order valence-electron chi connectivity index (χ3n) is 5.71. The molecule has 0 bridgehead atoms. The largest absolute Gasteiger partial charge is 0.493 e. The van der Waals surface area contributed by atoms with Crippen LogP contribution < -0.4 is 25.7 Å². The normalized spacial score (nSPS) is 13.6. The van der Waals surface area contributed by atoms with E-state index in [4.69, 9.17) is 9.47 Å². The minimum absolute atomic E-state index is 0.0251. The number of likely N-dealkylation sites (tertiary alicyclic amines) is 1. The van der Waals surface area contributed by atoms with Gasteiger partial charge >= 0.3 is 0 Å². The third-order valence-corrected chi connectivity index (χ3v) is 5.71. The molecule has 4 rings (SSSR count). The van der Waals surface area contributed by atoms with Crippen molar-refractivity contribution in [3.63, 3.8) is 0 Å². The Morgan fingerprint density at radius 1 is 1.06 bits per heavy atom. The second-order valence-corrected chi connectivity index (χ2v) is 8.17. The number of pyridine rings is 1. The molecule has 1 aliphatic heterocycles. The van der Waals surface area contributed by atoms with Crippen LogP contribution in [0.2, 0.25) is 0 Å². The average Bonchev–Trinajstić information content (AvgIpc) is 3.37. The molecule has 0 spiro atoms. The van der Waals surface area contributed by atoms with Crippen molar-refractivity contribution in [2.24, 2.45) is 0 Å². The van der Waals surface area contributed by atoms with Gasteiger partial charge in [0.1, 0.15) is 5.82 Å². The molecular weight excluding hydrogens is 432 g/mol. The van der Waals surface area contributed by atoms with Crippen LogP contribution in [0.4, 0.5) is 17.5 Å². The monoisotopic (exact) mass is 464 g/mol. The van der Waals surface area contributed by atoms with Crippen LogP contribution in [0, 0.1) is 0 Å². The third kappa shape index (κ3) is 6.71. The molecule has 0 atom stereocenters. The van der Waals surface area contributed by atoms with E-state index in [1.54, 1.807) is 42.3 Å². The van der Waals surface area contributed by atoms with Gasteiger partial charge in [0, 0.05) is 49.8 Å². The maximum Gasteiger partial charge on any atom is 0.250 e. The Balaban J connectivity index is 1.32. The lowest BCUT2D eigenvalue weighted by Crippen LogP contribution is -2.22. The molecule has 0 aliphatic carbocycles. The first-order valence-electron chi connectivity index (χ1n) is 11.7. The van der Waals surface area contributed by atoms with Crippen LogP contribution in [0.1, 0.15) is 19.3 Å². The summed E-state index contributed by atoms with van der Waals surface area (Å²) in [5.74, 6) is 2.52. The molecular formula is C25H32N6O3. The Morgan fingerprint density at radius 3 is 2.76 bits per heavy atom.